The molecule has 7 heteroatoms. The molecule has 7 nitrogen and oxygen atoms in total. The first-order chi connectivity index (χ1) is 15.5. The number of nitrogens with one attached hydrogen (secondary N) is 1. The second kappa shape index (κ2) is 9.53. The lowest BCUT2D eigenvalue weighted by atomic mass is 9.86. The van der Waals surface area contributed by atoms with Crippen molar-refractivity contribution >= 4 is 23.5 Å². The molecule has 2 amide bonds. The summed E-state index contributed by atoms with van der Waals surface area (Å²) in [6, 6.07) is 14.7. The van der Waals surface area contributed by atoms with Gasteiger partial charge in [-0.05, 0) is 49.2 Å². The van der Waals surface area contributed by atoms with Crippen molar-refractivity contribution < 1.29 is 19.5 Å². The van der Waals surface area contributed by atoms with E-state index in [1.54, 1.807) is 24.3 Å². The highest BCUT2D eigenvalue weighted by molar-refractivity contribution is 6.11. The number of benzene rings is 2. The van der Waals surface area contributed by atoms with Crippen LogP contribution in [0, 0.1) is 0 Å². The highest BCUT2D eigenvalue weighted by Crippen LogP contribution is 2.40. The minimum atomic E-state index is -0.935. The van der Waals surface area contributed by atoms with Gasteiger partial charge in [0.25, 0.3) is 5.91 Å². The molecule has 2 unspecified atom stereocenters. The summed E-state index contributed by atoms with van der Waals surface area (Å²) in [5.41, 5.74) is 2.45. The van der Waals surface area contributed by atoms with Crippen molar-refractivity contribution in [1.82, 2.24) is 10.2 Å². The number of fused-ring (bicyclic) bond motifs is 2. The van der Waals surface area contributed by atoms with Gasteiger partial charge in [0.1, 0.15) is 6.54 Å². The molecule has 2 aromatic rings. The Hall–Kier alpha value is -3.19. The minimum Gasteiger partial charge on any atom is -0.481 e. The summed E-state index contributed by atoms with van der Waals surface area (Å²) >= 11 is 0. The molecule has 0 aliphatic carbocycles. The fourth-order valence-corrected chi connectivity index (χ4v) is 4.97. The molecule has 2 aliphatic rings. The van der Waals surface area contributed by atoms with Crippen LogP contribution in [0.15, 0.2) is 48.5 Å². The fraction of sp³-hybridized carbons (Fsp3) is 0.400. The number of likely N-dealkylation sites (N-methyl/N-ethyl adjacent to an activating group) is 1. The van der Waals surface area contributed by atoms with Crippen molar-refractivity contribution in [3.63, 3.8) is 0 Å². The Morgan fingerprint density at radius 3 is 2.56 bits per heavy atom. The maximum atomic E-state index is 13.5. The molecule has 0 radical (unpaired) electrons. The average molecular weight is 436 g/mol. The monoisotopic (exact) mass is 435 g/mol. The zero-order valence-corrected chi connectivity index (χ0v) is 18.3. The van der Waals surface area contributed by atoms with Gasteiger partial charge < -0.3 is 10.4 Å². The number of rotatable bonds is 7. The molecule has 0 spiro atoms. The Balaban J connectivity index is 1.62. The van der Waals surface area contributed by atoms with E-state index in [1.165, 1.54) is 4.90 Å². The molecule has 2 heterocycles. The van der Waals surface area contributed by atoms with Crippen LogP contribution in [0.1, 0.15) is 53.6 Å². The molecule has 1 fully saturated rings. The number of carboxylic acid groups (broad SMARTS) is 1. The Labute approximate surface area is 188 Å². The summed E-state index contributed by atoms with van der Waals surface area (Å²) in [7, 11) is 0. The van der Waals surface area contributed by atoms with E-state index in [-0.39, 0.29) is 24.8 Å². The zero-order valence-electron chi connectivity index (χ0n) is 18.3. The molecule has 1 saturated heterocycles. The van der Waals surface area contributed by atoms with Crippen LogP contribution in [0.2, 0.25) is 0 Å². The number of nitrogens with zero attached hydrogens (tertiary/aromatic N) is 2. The number of likely N-dealkylation sites (tertiary alicyclic amines) is 1. The molecule has 0 saturated carbocycles. The lowest BCUT2D eigenvalue weighted by Gasteiger charge is -2.25. The third kappa shape index (κ3) is 4.39. The maximum absolute atomic E-state index is 13.5. The SMILES string of the molecule is CCN1CCCC1CNC(=O)CN1C(=O)c2ccccc2C(CC(=O)O)c2ccccc21. The highest BCUT2D eigenvalue weighted by atomic mass is 16.4. The first kappa shape index (κ1) is 22.0. The van der Waals surface area contributed by atoms with Crippen molar-refractivity contribution in [3.05, 3.63) is 65.2 Å². The van der Waals surface area contributed by atoms with E-state index < -0.39 is 11.9 Å². The molecule has 0 aromatic heterocycles. The van der Waals surface area contributed by atoms with Gasteiger partial charge in [-0.25, -0.2) is 0 Å². The van der Waals surface area contributed by atoms with E-state index in [1.807, 2.05) is 24.3 Å². The Kier molecular flexibility index (Phi) is 6.55. The van der Waals surface area contributed by atoms with Crippen molar-refractivity contribution in [2.75, 3.05) is 31.1 Å². The standard InChI is InChI=1S/C25H29N3O4/c1-2-27-13-7-8-17(27)15-26-23(29)16-28-22-12-6-5-10-19(22)21(14-24(30)31)18-9-3-4-11-20(18)25(28)32/h3-6,9-12,17,21H,2,7-8,13-16H2,1H3,(H,26,29)(H,30,31). The van der Waals surface area contributed by atoms with Gasteiger partial charge in [0, 0.05) is 29.8 Å². The van der Waals surface area contributed by atoms with E-state index >= 15 is 0 Å². The van der Waals surface area contributed by atoms with Crippen molar-refractivity contribution in [2.24, 2.45) is 0 Å². The van der Waals surface area contributed by atoms with E-state index in [9.17, 15) is 19.5 Å². The van der Waals surface area contributed by atoms with Crippen LogP contribution >= 0.6 is 0 Å². The van der Waals surface area contributed by atoms with Gasteiger partial charge in [0.2, 0.25) is 5.91 Å². The quantitative estimate of drug-likeness (QED) is 0.698. The smallest absolute Gasteiger partial charge is 0.304 e. The van der Waals surface area contributed by atoms with Crippen LogP contribution in [0.4, 0.5) is 5.69 Å². The Bertz CT molecular complexity index is 1020. The number of carbonyl (C=O) groups is 3. The number of anilines is 1. The summed E-state index contributed by atoms with van der Waals surface area (Å²) < 4.78 is 0. The van der Waals surface area contributed by atoms with Gasteiger partial charge >= 0.3 is 5.97 Å². The molecule has 168 valence electrons. The van der Waals surface area contributed by atoms with Crippen LogP contribution in [-0.4, -0.2) is 60.0 Å². The lowest BCUT2D eigenvalue weighted by Crippen LogP contribution is -2.45. The molecule has 4 rings (SSSR count). The van der Waals surface area contributed by atoms with Gasteiger partial charge in [0.05, 0.1) is 6.42 Å². The van der Waals surface area contributed by atoms with Crippen LogP contribution < -0.4 is 10.2 Å². The highest BCUT2D eigenvalue weighted by Gasteiger charge is 2.34. The fourth-order valence-electron chi connectivity index (χ4n) is 4.97. The topological polar surface area (TPSA) is 90.0 Å². The number of carbonyl (C=O) groups excluding carboxylic acids is 2. The van der Waals surface area contributed by atoms with Crippen LogP contribution in [0.3, 0.4) is 0 Å². The summed E-state index contributed by atoms with van der Waals surface area (Å²) in [6.07, 6.45) is 2.06. The van der Waals surface area contributed by atoms with E-state index in [4.69, 9.17) is 0 Å². The second-order valence-electron chi connectivity index (χ2n) is 8.42. The first-order valence-electron chi connectivity index (χ1n) is 11.2. The van der Waals surface area contributed by atoms with Gasteiger partial charge in [-0.15, -0.1) is 0 Å². The Morgan fingerprint density at radius 2 is 1.81 bits per heavy atom. The summed E-state index contributed by atoms with van der Waals surface area (Å²) in [5.74, 6) is -1.90. The van der Waals surface area contributed by atoms with Crippen molar-refractivity contribution in [2.45, 2.75) is 38.1 Å². The first-order valence-corrected chi connectivity index (χ1v) is 11.2. The van der Waals surface area contributed by atoms with Crippen molar-refractivity contribution in [1.29, 1.82) is 0 Å². The van der Waals surface area contributed by atoms with Gasteiger partial charge in [-0.1, -0.05) is 43.3 Å². The van der Waals surface area contributed by atoms with Gasteiger partial charge in [-0.3, -0.25) is 24.2 Å². The predicted octanol–water partition coefficient (Wildman–Crippen LogP) is 2.85. The number of carboxylic acids is 1. The van der Waals surface area contributed by atoms with Gasteiger partial charge in [-0.2, -0.15) is 0 Å². The largest absolute Gasteiger partial charge is 0.481 e. The molecule has 32 heavy (non-hydrogen) atoms. The molecule has 2 aromatic carbocycles. The summed E-state index contributed by atoms with van der Waals surface area (Å²) in [4.78, 5) is 41.9. The van der Waals surface area contributed by atoms with E-state index in [0.29, 0.717) is 29.4 Å². The molecular formula is C25H29N3O4. The average Bonchev–Trinajstić information content (AvgIpc) is 3.24. The molecule has 2 atom stereocenters. The predicted molar refractivity (Wildman–Crippen MR) is 122 cm³/mol. The van der Waals surface area contributed by atoms with Crippen LogP contribution in [-0.2, 0) is 9.59 Å². The minimum absolute atomic E-state index is 0.108. The second-order valence-corrected chi connectivity index (χ2v) is 8.42. The Morgan fingerprint density at radius 1 is 1.09 bits per heavy atom. The summed E-state index contributed by atoms with van der Waals surface area (Å²) in [5, 5.41) is 12.5. The summed E-state index contributed by atoms with van der Waals surface area (Å²) in [6.45, 7) is 4.59. The third-order valence-electron chi connectivity index (χ3n) is 6.54. The number of aliphatic carboxylic acids is 1. The molecular weight excluding hydrogens is 406 g/mol. The molecule has 0 bridgehead atoms. The molecule has 2 N–H and O–H groups in total. The normalized spacial score (nSPS) is 20.4. The maximum Gasteiger partial charge on any atom is 0.304 e. The number of hydrogen-bond acceptors (Lipinski definition) is 4. The molecule has 2 aliphatic heterocycles. The van der Waals surface area contributed by atoms with Crippen molar-refractivity contribution in [3.8, 4) is 0 Å². The van der Waals surface area contributed by atoms with Crippen LogP contribution in [0.25, 0.3) is 0 Å². The lowest BCUT2D eigenvalue weighted by molar-refractivity contribution is -0.137. The van der Waals surface area contributed by atoms with E-state index in [0.717, 1.165) is 31.5 Å². The van der Waals surface area contributed by atoms with E-state index in [2.05, 4.69) is 17.1 Å². The van der Waals surface area contributed by atoms with Gasteiger partial charge in [0.15, 0.2) is 0 Å². The zero-order chi connectivity index (χ0) is 22.7. The number of amides is 2. The third-order valence-corrected chi connectivity index (χ3v) is 6.54. The number of hydrogen-bond donors (Lipinski definition) is 2. The van der Waals surface area contributed by atoms with Crippen LogP contribution in [0.5, 0.6) is 0 Å². The number of para-hydroxylation sites is 1.